The number of pyridine rings is 1. The lowest BCUT2D eigenvalue weighted by molar-refractivity contribution is 0.00578. The Kier molecular flexibility index (Phi) is 4.30. The second-order valence-electron chi connectivity index (χ2n) is 6.02. The molecule has 0 spiro atoms. The predicted molar refractivity (Wildman–Crippen MR) is 85.5 cm³/mol. The van der Waals surface area contributed by atoms with Gasteiger partial charge in [0.1, 0.15) is 0 Å². The van der Waals surface area contributed by atoms with Crippen molar-refractivity contribution in [3.05, 3.63) is 23.8 Å². The van der Waals surface area contributed by atoms with Gasteiger partial charge in [-0.3, -0.25) is 0 Å². The van der Waals surface area contributed by atoms with E-state index in [1.54, 1.807) is 7.11 Å². The van der Waals surface area contributed by atoms with Gasteiger partial charge in [0.05, 0.1) is 29.7 Å². The summed E-state index contributed by atoms with van der Waals surface area (Å²) in [6, 6.07) is 3.74. The number of rotatable bonds is 4. The number of nitrogens with zero attached hydrogens (tertiary/aromatic N) is 1. The highest BCUT2D eigenvalue weighted by molar-refractivity contribution is 6.52. The topological polar surface area (TPSA) is 52.6 Å². The molecule has 1 aliphatic heterocycles. The van der Waals surface area contributed by atoms with E-state index in [2.05, 4.69) is 10.3 Å². The molecule has 6 heteroatoms. The zero-order valence-electron chi connectivity index (χ0n) is 13.6. The molecular weight excluding hydrogens is 267 g/mol. The quantitative estimate of drug-likeness (QED) is 0.864. The number of nitrogens with one attached hydrogen (secondary N) is 1. The zero-order chi connectivity index (χ0) is 15.7. The molecule has 2 heterocycles. The molecule has 0 aromatic carbocycles. The number of aromatic nitrogens is 1. The summed E-state index contributed by atoms with van der Waals surface area (Å²) in [5.74, 6) is 2.45. The van der Waals surface area contributed by atoms with Gasteiger partial charge in [-0.2, -0.15) is 0 Å². The van der Waals surface area contributed by atoms with E-state index in [0.717, 1.165) is 11.4 Å². The van der Waals surface area contributed by atoms with E-state index < -0.39 is 0 Å². The van der Waals surface area contributed by atoms with Crippen molar-refractivity contribution in [2.45, 2.75) is 38.9 Å². The SMILES string of the molecule is CNc1ccc(OC)nc1/C=C/B1OC(C)(C)C(C)(C)O1. The number of hydrogen-bond donors (Lipinski definition) is 1. The van der Waals surface area contributed by atoms with E-state index in [0.29, 0.717) is 5.88 Å². The van der Waals surface area contributed by atoms with E-state index in [-0.39, 0.29) is 18.3 Å². The first-order valence-corrected chi connectivity index (χ1v) is 7.06. The predicted octanol–water partition coefficient (Wildman–Crippen LogP) is 2.78. The molecule has 0 aliphatic carbocycles. The van der Waals surface area contributed by atoms with Crippen LogP contribution in [0.4, 0.5) is 5.69 Å². The van der Waals surface area contributed by atoms with E-state index in [4.69, 9.17) is 14.0 Å². The van der Waals surface area contributed by atoms with E-state index in [1.165, 1.54) is 0 Å². The van der Waals surface area contributed by atoms with Crippen LogP contribution in [0, 0.1) is 0 Å². The molecule has 1 saturated heterocycles. The molecule has 1 aliphatic rings. The van der Waals surface area contributed by atoms with Crippen LogP contribution in [0.5, 0.6) is 5.88 Å². The maximum atomic E-state index is 5.93. The summed E-state index contributed by atoms with van der Waals surface area (Å²) in [6.07, 6.45) is 1.89. The highest BCUT2D eigenvalue weighted by Crippen LogP contribution is 2.37. The summed E-state index contributed by atoms with van der Waals surface area (Å²) >= 11 is 0. The minimum Gasteiger partial charge on any atom is -0.481 e. The van der Waals surface area contributed by atoms with Gasteiger partial charge in [0, 0.05) is 13.1 Å². The number of hydrogen-bond acceptors (Lipinski definition) is 5. The van der Waals surface area contributed by atoms with Crippen LogP contribution in [0.25, 0.3) is 6.08 Å². The van der Waals surface area contributed by atoms with Gasteiger partial charge >= 0.3 is 7.12 Å². The highest BCUT2D eigenvalue weighted by atomic mass is 16.7. The summed E-state index contributed by atoms with van der Waals surface area (Å²) in [7, 11) is 3.08. The molecule has 5 nitrogen and oxygen atoms in total. The van der Waals surface area contributed by atoms with Gasteiger partial charge in [-0.05, 0) is 39.8 Å². The van der Waals surface area contributed by atoms with Crippen LogP contribution in [0.1, 0.15) is 33.4 Å². The Bertz CT molecular complexity index is 528. The van der Waals surface area contributed by atoms with Crippen LogP contribution in [0.3, 0.4) is 0 Å². The average Bonchev–Trinajstić information content (AvgIpc) is 2.64. The van der Waals surface area contributed by atoms with Crippen molar-refractivity contribution in [3.8, 4) is 5.88 Å². The lowest BCUT2D eigenvalue weighted by Gasteiger charge is -2.32. The summed E-state index contributed by atoms with van der Waals surface area (Å²) in [4.78, 5) is 4.41. The maximum Gasteiger partial charge on any atom is 0.487 e. The highest BCUT2D eigenvalue weighted by Gasteiger charge is 2.50. The molecular formula is C15H23BN2O3. The molecule has 1 aromatic rings. The maximum absolute atomic E-state index is 5.93. The molecule has 21 heavy (non-hydrogen) atoms. The first-order valence-electron chi connectivity index (χ1n) is 7.06. The third-order valence-corrected chi connectivity index (χ3v) is 4.06. The molecule has 0 unspecified atom stereocenters. The number of anilines is 1. The Balaban J connectivity index is 2.19. The van der Waals surface area contributed by atoms with Crippen LogP contribution in [0.15, 0.2) is 18.1 Å². The van der Waals surface area contributed by atoms with Gasteiger partial charge in [0.2, 0.25) is 5.88 Å². The van der Waals surface area contributed by atoms with Crippen molar-refractivity contribution < 1.29 is 14.0 Å². The molecule has 114 valence electrons. The van der Waals surface area contributed by atoms with Crippen molar-refractivity contribution in [2.75, 3.05) is 19.5 Å². The van der Waals surface area contributed by atoms with Crippen LogP contribution in [0.2, 0.25) is 0 Å². The van der Waals surface area contributed by atoms with Crippen molar-refractivity contribution >= 4 is 18.9 Å². The van der Waals surface area contributed by atoms with Crippen LogP contribution in [-0.4, -0.2) is 37.5 Å². The lowest BCUT2D eigenvalue weighted by Crippen LogP contribution is -2.41. The van der Waals surface area contributed by atoms with Crippen LogP contribution < -0.4 is 10.1 Å². The Morgan fingerprint density at radius 1 is 1.19 bits per heavy atom. The largest absolute Gasteiger partial charge is 0.487 e. The number of methoxy groups -OCH3 is 1. The molecule has 0 radical (unpaired) electrons. The summed E-state index contributed by atoms with van der Waals surface area (Å²) < 4.78 is 17.0. The van der Waals surface area contributed by atoms with E-state index in [9.17, 15) is 0 Å². The lowest BCUT2D eigenvalue weighted by atomic mass is 9.89. The van der Waals surface area contributed by atoms with Gasteiger partial charge in [-0.1, -0.05) is 5.98 Å². The number of ether oxygens (including phenoxy) is 1. The third kappa shape index (κ3) is 3.22. The smallest absolute Gasteiger partial charge is 0.481 e. The molecule has 1 fully saturated rings. The van der Waals surface area contributed by atoms with Gasteiger partial charge in [-0.25, -0.2) is 4.98 Å². The van der Waals surface area contributed by atoms with Crippen molar-refractivity contribution in [1.29, 1.82) is 0 Å². The summed E-state index contributed by atoms with van der Waals surface area (Å²) in [5.41, 5.74) is 1.03. The summed E-state index contributed by atoms with van der Waals surface area (Å²) in [6.45, 7) is 8.13. The fourth-order valence-corrected chi connectivity index (χ4v) is 2.05. The van der Waals surface area contributed by atoms with Gasteiger partial charge < -0.3 is 19.4 Å². The second kappa shape index (κ2) is 5.69. The van der Waals surface area contributed by atoms with Gasteiger partial charge in [0.15, 0.2) is 0 Å². The van der Waals surface area contributed by atoms with Crippen molar-refractivity contribution in [2.24, 2.45) is 0 Å². The first-order chi connectivity index (χ1) is 9.79. The van der Waals surface area contributed by atoms with Gasteiger partial charge in [0.25, 0.3) is 0 Å². The Labute approximate surface area is 126 Å². The molecule has 0 bridgehead atoms. The molecule has 0 saturated carbocycles. The Morgan fingerprint density at radius 2 is 1.81 bits per heavy atom. The molecule has 0 amide bonds. The fourth-order valence-electron chi connectivity index (χ4n) is 2.05. The van der Waals surface area contributed by atoms with E-state index in [1.807, 2.05) is 58.9 Å². The molecule has 1 N–H and O–H groups in total. The van der Waals surface area contributed by atoms with Crippen LogP contribution >= 0.6 is 0 Å². The standard InChI is InChI=1S/C15H23BN2O3/c1-14(2)15(3,4)21-16(20-14)10-9-12-11(17-5)7-8-13(18-12)19-6/h7-10,17H,1-6H3/b10-9+. The Hall–Kier alpha value is -1.53. The third-order valence-electron chi connectivity index (χ3n) is 4.06. The minimum atomic E-state index is -0.382. The van der Waals surface area contributed by atoms with Gasteiger partial charge in [-0.15, -0.1) is 0 Å². The normalized spacial score (nSPS) is 20.0. The summed E-state index contributed by atoms with van der Waals surface area (Å²) in [5, 5.41) is 3.10. The monoisotopic (exact) mass is 290 g/mol. The molecule has 2 rings (SSSR count). The Morgan fingerprint density at radius 3 is 2.33 bits per heavy atom. The zero-order valence-corrected chi connectivity index (χ0v) is 13.6. The molecule has 0 atom stereocenters. The first kappa shape index (κ1) is 15.9. The fraction of sp³-hybridized carbons (Fsp3) is 0.533. The van der Waals surface area contributed by atoms with Crippen LogP contribution in [-0.2, 0) is 9.31 Å². The minimum absolute atomic E-state index is 0.338. The van der Waals surface area contributed by atoms with E-state index >= 15 is 0 Å². The average molecular weight is 290 g/mol. The second-order valence-corrected chi connectivity index (χ2v) is 6.02. The molecule has 1 aromatic heterocycles. The van der Waals surface area contributed by atoms with Crippen molar-refractivity contribution in [1.82, 2.24) is 4.98 Å². The van der Waals surface area contributed by atoms with Crippen molar-refractivity contribution in [3.63, 3.8) is 0 Å².